The smallest absolute Gasteiger partial charge is 0.410 e. The summed E-state index contributed by atoms with van der Waals surface area (Å²) < 4.78 is 17.8. The molecule has 4 rings (SSSR count). The third kappa shape index (κ3) is 23.5. The molecule has 530 valence electrons. The van der Waals surface area contributed by atoms with Gasteiger partial charge in [0, 0.05) is 66.5 Å². The van der Waals surface area contributed by atoms with Crippen LogP contribution in [0, 0.1) is 29.6 Å². The number of unbranched alkanes of at least 4 members (excludes halogenated alkanes) is 2. The highest BCUT2D eigenvalue weighted by atomic mass is 32.1. The van der Waals surface area contributed by atoms with Gasteiger partial charge in [-0.3, -0.25) is 53.0 Å². The predicted octanol–water partition coefficient (Wildman–Crippen LogP) is 5.21. The van der Waals surface area contributed by atoms with Gasteiger partial charge in [-0.05, 0) is 92.4 Å². The highest BCUT2D eigenvalue weighted by Gasteiger charge is 2.44. The number of nitrogens with one attached hydrogen (secondary N) is 6. The number of carbonyl (C=O) groups excluding carboxylic acids is 11. The van der Waals surface area contributed by atoms with Gasteiger partial charge in [-0.1, -0.05) is 118 Å². The number of imide groups is 1. The Morgan fingerprint density at radius 1 is 0.747 bits per heavy atom. The van der Waals surface area contributed by atoms with Crippen molar-refractivity contribution in [2.45, 2.75) is 212 Å². The first-order valence-electron chi connectivity index (χ1n) is 33.3. The lowest BCUT2D eigenvalue weighted by Gasteiger charge is -2.41. The number of urea groups is 1. The van der Waals surface area contributed by atoms with Gasteiger partial charge in [0.25, 0.3) is 0 Å². The van der Waals surface area contributed by atoms with Gasteiger partial charge in [0.2, 0.25) is 53.2 Å². The van der Waals surface area contributed by atoms with E-state index in [0.717, 1.165) is 0 Å². The Morgan fingerprint density at radius 3 is 1.97 bits per heavy atom. The van der Waals surface area contributed by atoms with Crippen molar-refractivity contribution < 1.29 is 72.1 Å². The second-order valence-electron chi connectivity index (χ2n) is 26.2. The number of rotatable bonds is 38. The third-order valence-corrected chi connectivity index (χ3v) is 18.4. The molecule has 2 aliphatic rings. The van der Waals surface area contributed by atoms with Gasteiger partial charge in [-0.25, -0.2) is 9.59 Å². The van der Waals surface area contributed by atoms with Crippen LogP contribution in [0.25, 0.3) is 0 Å². The molecule has 2 saturated heterocycles. The van der Waals surface area contributed by atoms with Crippen molar-refractivity contribution in [2.24, 2.45) is 35.3 Å². The number of thiol groups is 1. The number of nitrogens with two attached hydrogens (primary N) is 1. The number of likely N-dealkylation sites (tertiary alicyclic amines) is 2. The van der Waals surface area contributed by atoms with Gasteiger partial charge in [-0.15, -0.1) is 0 Å². The maximum atomic E-state index is 14.8. The second kappa shape index (κ2) is 39.0. The fourth-order valence-corrected chi connectivity index (χ4v) is 12.6. The topological polar surface area (TPSA) is 347 Å². The number of carbonyl (C=O) groups is 11. The molecule has 12 amide bonds. The standard InChI is InChI=1S/C68H107N11O15S/c1-15-42(8)58(50(92-13)36-53(81)78-35-23-27-49(78)60(93-14)43(9)61(84)71-44(10)59(83)46-24-18-16-19-25-46)76(11)66(89)56(40(4)5)75-64(87)57(41(6)7)77(12)68(91)94-38-45-29-31-47(32-30-45)72-62(85)48(26-22-33-70-67(69)90)73-63(86)55(39(2)3)74-52(80)28-20-17-21-34-79-54(82)37-51(95)65(79)88/h16,18-19,24-25,29-32,39-44,48-51,55-60,83,95H,15,17,20-23,26-28,33-38H2,1-14H3,(H,71,84)(H,72,85)(H,73,86)(H,74,80)(H,75,87)(H3,69,70,90). The van der Waals surface area contributed by atoms with Crippen LogP contribution in [0.15, 0.2) is 54.6 Å². The average molecular weight is 1350 g/mol. The summed E-state index contributed by atoms with van der Waals surface area (Å²) in [7, 11) is 6.08. The lowest BCUT2D eigenvalue weighted by Crippen LogP contribution is -2.60. The molecule has 2 heterocycles. The van der Waals surface area contributed by atoms with Crippen LogP contribution in [0.3, 0.4) is 0 Å². The molecular weight excluding hydrogens is 1240 g/mol. The number of hydrogen-bond donors (Lipinski definition) is 9. The molecule has 13 unspecified atom stereocenters. The van der Waals surface area contributed by atoms with Crippen LogP contribution in [-0.2, 0) is 64.0 Å². The summed E-state index contributed by atoms with van der Waals surface area (Å²) >= 11 is 4.15. The first kappa shape index (κ1) is 80.1. The number of likely N-dealkylation sites (N-methyl/N-ethyl adjacent to an activating group) is 2. The van der Waals surface area contributed by atoms with Gasteiger partial charge in [-0.2, -0.15) is 12.6 Å². The normalized spacial score (nSPS) is 18.3. The Bertz CT molecular complexity index is 2890. The van der Waals surface area contributed by atoms with Gasteiger partial charge in [0.1, 0.15) is 30.8 Å². The van der Waals surface area contributed by atoms with Crippen LogP contribution in [0.5, 0.6) is 0 Å². The zero-order valence-corrected chi connectivity index (χ0v) is 58.9. The number of aliphatic hydroxyl groups excluding tert-OH is 1. The van der Waals surface area contributed by atoms with Crippen molar-refractivity contribution >= 4 is 83.6 Å². The SMILES string of the molecule is CCC(C)C(C(CC(=O)N1CCCC1C(OC)C(C)C(=O)NC(C)C(O)c1ccccc1)OC)N(C)C(=O)C(NC(=O)C(C(C)C)N(C)C(=O)OCc1ccc(NC(=O)C(CCCNC(N)=O)NC(=O)C(NC(=O)CCCCCN2C(=O)CC(S)C2=O)C(C)C)cc1)C(C)C. The average Bonchev–Trinajstić information content (AvgIpc) is 1.78. The molecule has 9 N–H and O–H groups in total. The van der Waals surface area contributed by atoms with E-state index in [2.05, 4.69) is 44.5 Å². The van der Waals surface area contributed by atoms with E-state index in [4.69, 9.17) is 19.9 Å². The van der Waals surface area contributed by atoms with Crippen molar-refractivity contribution in [3.05, 3.63) is 65.7 Å². The van der Waals surface area contributed by atoms with Crippen molar-refractivity contribution in [1.82, 2.24) is 46.2 Å². The summed E-state index contributed by atoms with van der Waals surface area (Å²) in [4.78, 5) is 153. The molecule has 2 aliphatic heterocycles. The molecule has 0 aromatic heterocycles. The molecular formula is C68H107N11O15S. The number of hydrogen-bond acceptors (Lipinski definition) is 16. The molecule has 0 saturated carbocycles. The van der Waals surface area contributed by atoms with Crippen molar-refractivity contribution in [3.8, 4) is 0 Å². The lowest BCUT2D eigenvalue weighted by atomic mass is 9.89. The molecule has 2 fully saturated rings. The number of anilines is 1. The molecule has 0 bridgehead atoms. The number of benzene rings is 2. The highest BCUT2D eigenvalue weighted by molar-refractivity contribution is 7.81. The molecule has 27 heteroatoms. The summed E-state index contributed by atoms with van der Waals surface area (Å²) in [5.74, 6) is -5.88. The maximum absolute atomic E-state index is 14.8. The fraction of sp³-hybridized carbons (Fsp3) is 0.662. The van der Waals surface area contributed by atoms with Crippen LogP contribution in [0.1, 0.15) is 157 Å². The molecule has 13 atom stereocenters. The minimum absolute atomic E-state index is 0.0628. The van der Waals surface area contributed by atoms with Crippen molar-refractivity contribution in [2.75, 3.05) is 53.3 Å². The van der Waals surface area contributed by atoms with E-state index in [1.165, 1.54) is 31.1 Å². The van der Waals surface area contributed by atoms with Crippen LogP contribution in [0.2, 0.25) is 0 Å². The Kier molecular flexibility index (Phi) is 32.9. The molecule has 95 heavy (non-hydrogen) atoms. The summed E-state index contributed by atoms with van der Waals surface area (Å²) in [6.45, 7) is 18.6. The summed E-state index contributed by atoms with van der Waals surface area (Å²) in [6.07, 6.45) is 0.559. The van der Waals surface area contributed by atoms with Gasteiger partial charge in [0.05, 0.1) is 54.0 Å². The third-order valence-electron chi connectivity index (χ3n) is 18.0. The van der Waals surface area contributed by atoms with Crippen molar-refractivity contribution in [1.29, 1.82) is 0 Å². The number of aliphatic hydroxyl groups is 1. The predicted molar refractivity (Wildman–Crippen MR) is 362 cm³/mol. The molecule has 2 aromatic rings. The summed E-state index contributed by atoms with van der Waals surface area (Å²) in [5.41, 5.74) is 6.77. The van der Waals surface area contributed by atoms with E-state index < -0.39 is 125 Å². The molecule has 2 aromatic carbocycles. The number of primary amides is 1. The zero-order valence-electron chi connectivity index (χ0n) is 58.0. The van der Waals surface area contributed by atoms with E-state index in [1.807, 2.05) is 32.0 Å². The Labute approximate surface area is 566 Å². The lowest BCUT2D eigenvalue weighted by molar-refractivity contribution is -0.148. The van der Waals surface area contributed by atoms with Gasteiger partial charge >= 0.3 is 12.1 Å². The van der Waals surface area contributed by atoms with Crippen LogP contribution < -0.4 is 37.6 Å². The van der Waals surface area contributed by atoms with Gasteiger partial charge in [0.15, 0.2) is 0 Å². The fourth-order valence-electron chi connectivity index (χ4n) is 12.3. The van der Waals surface area contributed by atoms with Crippen LogP contribution in [-0.4, -0.2) is 198 Å². The molecule has 0 spiro atoms. The molecule has 0 aliphatic carbocycles. The Balaban J connectivity index is 1.37. The number of methoxy groups -OCH3 is 2. The number of amides is 12. The van der Waals surface area contributed by atoms with Crippen LogP contribution >= 0.6 is 12.6 Å². The first-order valence-corrected chi connectivity index (χ1v) is 33.8. The first-order chi connectivity index (χ1) is 44.9. The van der Waals surface area contributed by atoms with Crippen LogP contribution in [0.4, 0.5) is 15.3 Å². The van der Waals surface area contributed by atoms with E-state index in [1.54, 1.807) is 109 Å². The Morgan fingerprint density at radius 2 is 1.40 bits per heavy atom. The van der Waals surface area contributed by atoms with Gasteiger partial charge < -0.3 is 66.8 Å². The quantitative estimate of drug-likeness (QED) is 0.0237. The minimum Gasteiger partial charge on any atom is -0.445 e. The van der Waals surface area contributed by atoms with E-state index >= 15 is 0 Å². The summed E-state index contributed by atoms with van der Waals surface area (Å²) in [5, 5.41) is 27.0. The minimum atomic E-state index is -1.12. The summed E-state index contributed by atoms with van der Waals surface area (Å²) in [6, 6.07) is 8.73. The molecule has 0 radical (unpaired) electrons. The monoisotopic (exact) mass is 1350 g/mol. The van der Waals surface area contributed by atoms with E-state index in [0.29, 0.717) is 61.9 Å². The van der Waals surface area contributed by atoms with Crippen molar-refractivity contribution in [3.63, 3.8) is 0 Å². The number of ether oxygens (including phenoxy) is 3. The highest BCUT2D eigenvalue weighted by Crippen LogP contribution is 2.31. The Hall–Kier alpha value is -7.36. The number of nitrogens with zero attached hydrogens (tertiary/aromatic N) is 4. The van der Waals surface area contributed by atoms with E-state index in [-0.39, 0.29) is 87.3 Å². The zero-order chi connectivity index (χ0) is 71.0. The van der Waals surface area contributed by atoms with E-state index in [9.17, 15) is 57.8 Å². The molecule has 26 nitrogen and oxygen atoms in total. The largest absolute Gasteiger partial charge is 0.445 e. The maximum Gasteiger partial charge on any atom is 0.410 e. The second-order valence-corrected chi connectivity index (χ2v) is 26.8.